The molecule has 1 aliphatic rings. The second kappa shape index (κ2) is 7.23. The molecule has 2 aromatic rings. The topological polar surface area (TPSA) is 62.8 Å². The summed E-state index contributed by atoms with van der Waals surface area (Å²) >= 11 is 6.07. The summed E-state index contributed by atoms with van der Waals surface area (Å²) in [5.74, 6) is 1.12. The molecule has 7 heteroatoms. The van der Waals surface area contributed by atoms with Crippen LogP contribution in [0.4, 0.5) is 11.5 Å². The Morgan fingerprint density at radius 2 is 2.12 bits per heavy atom. The van der Waals surface area contributed by atoms with Crippen LogP contribution in [0.2, 0.25) is 5.02 Å². The van der Waals surface area contributed by atoms with Gasteiger partial charge in [-0.2, -0.15) is 0 Å². The van der Waals surface area contributed by atoms with E-state index in [-0.39, 0.29) is 11.9 Å². The zero-order valence-electron chi connectivity index (χ0n) is 13.9. The predicted molar refractivity (Wildman–Crippen MR) is 93.7 cm³/mol. The first-order valence-electron chi connectivity index (χ1n) is 8.12. The number of quaternary nitrogens is 1. The molecule has 1 saturated heterocycles. The van der Waals surface area contributed by atoms with Gasteiger partial charge in [0.25, 0.3) is 5.91 Å². The van der Waals surface area contributed by atoms with E-state index >= 15 is 0 Å². The number of aryl methyl sites for hydroxylation is 1. The van der Waals surface area contributed by atoms with Gasteiger partial charge >= 0.3 is 0 Å². The van der Waals surface area contributed by atoms with Gasteiger partial charge in [-0.1, -0.05) is 22.8 Å². The van der Waals surface area contributed by atoms with Crippen molar-refractivity contribution >= 4 is 29.0 Å². The van der Waals surface area contributed by atoms with Gasteiger partial charge in [0, 0.05) is 16.8 Å². The number of rotatable bonds is 4. The van der Waals surface area contributed by atoms with Crippen molar-refractivity contribution in [2.24, 2.45) is 0 Å². The van der Waals surface area contributed by atoms with Crippen molar-refractivity contribution in [2.75, 3.05) is 36.4 Å². The molecule has 0 bridgehead atoms. The quantitative estimate of drug-likeness (QED) is 0.875. The van der Waals surface area contributed by atoms with Crippen LogP contribution in [-0.4, -0.2) is 43.3 Å². The highest BCUT2D eigenvalue weighted by Crippen LogP contribution is 2.19. The van der Waals surface area contributed by atoms with E-state index in [4.69, 9.17) is 16.1 Å². The minimum absolute atomic E-state index is 0.0329. The number of carbonyl (C=O) groups is 1. The van der Waals surface area contributed by atoms with Crippen LogP contribution in [0.15, 0.2) is 34.9 Å². The molecular formula is C17H22ClN4O2+. The average molecular weight is 350 g/mol. The average Bonchev–Trinajstić information content (AvgIpc) is 2.99. The van der Waals surface area contributed by atoms with Crippen LogP contribution in [0.25, 0.3) is 0 Å². The normalized spacial score (nSPS) is 16.9. The van der Waals surface area contributed by atoms with E-state index in [0.717, 1.165) is 36.9 Å². The molecule has 2 heterocycles. The monoisotopic (exact) mass is 349 g/mol. The summed E-state index contributed by atoms with van der Waals surface area (Å²) in [6, 6.07) is 9.48. The zero-order valence-corrected chi connectivity index (χ0v) is 14.6. The first-order valence-corrected chi connectivity index (χ1v) is 8.50. The van der Waals surface area contributed by atoms with E-state index < -0.39 is 0 Å². The molecule has 1 aromatic heterocycles. The molecule has 6 nitrogen and oxygen atoms in total. The fourth-order valence-electron chi connectivity index (χ4n) is 3.00. The maximum absolute atomic E-state index is 12.4. The summed E-state index contributed by atoms with van der Waals surface area (Å²) in [6.07, 6.45) is 0. The lowest BCUT2D eigenvalue weighted by Gasteiger charge is -2.36. The molecule has 0 unspecified atom stereocenters. The Labute approximate surface area is 146 Å². The van der Waals surface area contributed by atoms with Gasteiger partial charge in [-0.05, 0) is 32.0 Å². The highest BCUT2D eigenvalue weighted by atomic mass is 35.5. The van der Waals surface area contributed by atoms with Gasteiger partial charge < -0.3 is 19.6 Å². The van der Waals surface area contributed by atoms with Crippen molar-refractivity contribution in [3.63, 3.8) is 0 Å². The molecule has 0 aliphatic carbocycles. The number of aromatic nitrogens is 1. The molecule has 1 fully saturated rings. The van der Waals surface area contributed by atoms with E-state index in [0.29, 0.717) is 11.6 Å². The van der Waals surface area contributed by atoms with Gasteiger partial charge in [0.15, 0.2) is 11.9 Å². The van der Waals surface area contributed by atoms with Crippen molar-refractivity contribution in [3.05, 3.63) is 41.1 Å². The van der Waals surface area contributed by atoms with Crippen LogP contribution in [0.3, 0.4) is 0 Å². The van der Waals surface area contributed by atoms with Gasteiger partial charge in [-0.25, -0.2) is 0 Å². The number of hydrogen-bond acceptors (Lipinski definition) is 4. The number of halogens is 1. The van der Waals surface area contributed by atoms with Gasteiger partial charge in [0.05, 0.1) is 26.2 Å². The number of anilines is 2. The second-order valence-corrected chi connectivity index (χ2v) is 6.60. The third kappa shape index (κ3) is 3.88. The van der Waals surface area contributed by atoms with Crippen LogP contribution in [-0.2, 0) is 4.79 Å². The molecule has 0 saturated carbocycles. The second-order valence-electron chi connectivity index (χ2n) is 6.16. The van der Waals surface area contributed by atoms with Gasteiger partial charge in [-0.3, -0.25) is 4.79 Å². The third-order valence-corrected chi connectivity index (χ3v) is 4.70. The molecule has 1 atom stereocenters. The molecule has 128 valence electrons. The Bertz CT molecular complexity index is 710. The molecular weight excluding hydrogens is 328 g/mol. The predicted octanol–water partition coefficient (Wildman–Crippen LogP) is 1.37. The van der Waals surface area contributed by atoms with Crippen LogP contribution < -0.4 is 15.1 Å². The third-order valence-electron chi connectivity index (χ3n) is 4.46. The fourth-order valence-corrected chi connectivity index (χ4v) is 3.19. The van der Waals surface area contributed by atoms with Crippen LogP contribution in [0.1, 0.15) is 12.7 Å². The van der Waals surface area contributed by atoms with Crippen molar-refractivity contribution in [3.8, 4) is 0 Å². The summed E-state index contributed by atoms with van der Waals surface area (Å²) in [5.41, 5.74) is 1.14. The number of carbonyl (C=O) groups excluding carboxylic acids is 1. The molecule has 1 amide bonds. The lowest BCUT2D eigenvalue weighted by atomic mass is 10.2. The molecule has 0 spiro atoms. The van der Waals surface area contributed by atoms with E-state index in [1.807, 2.05) is 25.1 Å². The Hall–Kier alpha value is -2.05. The lowest BCUT2D eigenvalue weighted by molar-refractivity contribution is -0.914. The minimum atomic E-state index is -0.136. The number of nitrogens with zero attached hydrogens (tertiary/aromatic N) is 2. The smallest absolute Gasteiger partial charge is 0.283 e. The summed E-state index contributed by atoms with van der Waals surface area (Å²) in [4.78, 5) is 15.9. The molecule has 3 rings (SSSR count). The Morgan fingerprint density at radius 3 is 2.75 bits per heavy atom. The number of benzene rings is 1. The van der Waals surface area contributed by atoms with Gasteiger partial charge in [-0.15, -0.1) is 0 Å². The van der Waals surface area contributed by atoms with E-state index in [9.17, 15) is 4.79 Å². The van der Waals surface area contributed by atoms with Gasteiger partial charge in [0.2, 0.25) is 0 Å². The Morgan fingerprint density at radius 1 is 1.38 bits per heavy atom. The summed E-state index contributed by atoms with van der Waals surface area (Å²) in [7, 11) is 0. The summed E-state index contributed by atoms with van der Waals surface area (Å²) < 4.78 is 4.97. The SMILES string of the molecule is Cc1cc(NC(=O)[C@H](C)[NH+]2CCN(c3cccc(Cl)c3)CC2)no1. The molecule has 2 N–H and O–H groups in total. The highest BCUT2D eigenvalue weighted by molar-refractivity contribution is 6.30. The first-order chi connectivity index (χ1) is 11.5. The largest absolute Gasteiger partial charge is 0.360 e. The molecule has 24 heavy (non-hydrogen) atoms. The number of nitrogens with one attached hydrogen (secondary N) is 2. The van der Waals surface area contributed by atoms with E-state index in [1.165, 1.54) is 4.90 Å². The van der Waals surface area contributed by atoms with Crippen molar-refractivity contribution in [2.45, 2.75) is 19.9 Å². The zero-order chi connectivity index (χ0) is 17.1. The number of amides is 1. The maximum Gasteiger partial charge on any atom is 0.283 e. The Balaban J connectivity index is 1.54. The fraction of sp³-hybridized carbons (Fsp3) is 0.412. The summed E-state index contributed by atoms with van der Waals surface area (Å²) in [5, 5.41) is 7.37. The van der Waals surface area contributed by atoms with E-state index in [1.54, 1.807) is 13.0 Å². The number of hydrogen-bond donors (Lipinski definition) is 2. The van der Waals surface area contributed by atoms with Gasteiger partial charge in [0.1, 0.15) is 5.76 Å². The highest BCUT2D eigenvalue weighted by Gasteiger charge is 2.29. The molecule has 0 radical (unpaired) electrons. The van der Waals surface area contributed by atoms with Crippen LogP contribution >= 0.6 is 11.6 Å². The lowest BCUT2D eigenvalue weighted by Crippen LogP contribution is -3.19. The van der Waals surface area contributed by atoms with Crippen LogP contribution in [0.5, 0.6) is 0 Å². The first kappa shape index (κ1) is 16.8. The maximum atomic E-state index is 12.4. The minimum Gasteiger partial charge on any atom is -0.360 e. The molecule has 1 aromatic carbocycles. The van der Waals surface area contributed by atoms with Crippen molar-refractivity contribution < 1.29 is 14.2 Å². The van der Waals surface area contributed by atoms with E-state index in [2.05, 4.69) is 21.4 Å². The van der Waals surface area contributed by atoms with Crippen LogP contribution in [0, 0.1) is 6.92 Å². The molecule has 1 aliphatic heterocycles. The Kier molecular flexibility index (Phi) is 5.06. The summed E-state index contributed by atoms with van der Waals surface area (Å²) in [6.45, 7) is 7.35. The number of piperazine rings is 1. The van der Waals surface area contributed by atoms with Crippen molar-refractivity contribution in [1.29, 1.82) is 0 Å². The standard InChI is InChI=1S/C17H21ClN4O2/c1-12-10-16(20-24-12)19-17(23)13(2)21-6-8-22(9-7-21)15-5-3-4-14(18)11-15/h3-5,10-11,13H,6-9H2,1-2H3,(H,19,20,23)/p+1/t13-/m0/s1. The van der Waals surface area contributed by atoms with Crippen molar-refractivity contribution in [1.82, 2.24) is 5.16 Å².